The molecule has 0 aromatic carbocycles. The predicted molar refractivity (Wildman–Crippen MR) is 110 cm³/mol. The number of carbonyl (C=O) groups excluding carboxylic acids is 1. The van der Waals surface area contributed by atoms with Gasteiger partial charge in [-0.1, -0.05) is 22.4 Å². The van der Waals surface area contributed by atoms with Crippen LogP contribution in [0, 0.1) is 0 Å². The second-order valence-electron chi connectivity index (χ2n) is 6.04. The number of nitrogens with zero attached hydrogens (tertiary/aromatic N) is 4. The van der Waals surface area contributed by atoms with Crippen LogP contribution < -0.4 is 0 Å². The molecule has 0 unspecified atom stereocenters. The van der Waals surface area contributed by atoms with E-state index in [1.54, 1.807) is 25.3 Å². The first kappa shape index (κ1) is 22.0. The summed E-state index contributed by atoms with van der Waals surface area (Å²) in [7, 11) is 1.51. The normalized spacial score (nSPS) is 11.8. The Hall–Kier alpha value is -3.29. The molecule has 8 heteroatoms. The van der Waals surface area contributed by atoms with Gasteiger partial charge in [-0.15, -0.1) is 0 Å². The summed E-state index contributed by atoms with van der Waals surface area (Å²) in [5.74, 6) is -0.366. The first-order valence-corrected chi connectivity index (χ1v) is 9.44. The second kappa shape index (κ2) is 12.2. The van der Waals surface area contributed by atoms with Crippen LogP contribution in [0.15, 0.2) is 52.9 Å². The van der Waals surface area contributed by atoms with Gasteiger partial charge in [-0.2, -0.15) is 0 Å². The lowest BCUT2D eigenvalue weighted by Gasteiger charge is -2.07. The van der Waals surface area contributed by atoms with Crippen LogP contribution in [0.1, 0.15) is 43.8 Å². The van der Waals surface area contributed by atoms with Gasteiger partial charge in [0.25, 0.3) is 0 Å². The maximum absolute atomic E-state index is 11.8. The summed E-state index contributed by atoms with van der Waals surface area (Å²) < 4.78 is 5.00. The van der Waals surface area contributed by atoms with E-state index in [0.717, 1.165) is 24.2 Å². The lowest BCUT2D eigenvalue weighted by molar-refractivity contribution is -0.141. The number of ether oxygens (including phenoxy) is 1. The van der Waals surface area contributed by atoms with Gasteiger partial charge < -0.3 is 14.4 Å². The lowest BCUT2D eigenvalue weighted by Crippen LogP contribution is -2.14. The van der Waals surface area contributed by atoms with Crippen molar-refractivity contribution >= 4 is 17.4 Å². The van der Waals surface area contributed by atoms with Crippen LogP contribution in [0.25, 0.3) is 0 Å². The Morgan fingerprint density at radius 1 is 1.10 bits per heavy atom. The average molecular weight is 398 g/mol. The molecular formula is C21H26N4O4. The molecule has 2 aromatic rings. The molecule has 0 amide bonds. The molecule has 0 aliphatic rings. The molecule has 154 valence electrons. The lowest BCUT2D eigenvalue weighted by atomic mass is 10.2. The fraction of sp³-hybridized carbons (Fsp3) is 0.381. The Morgan fingerprint density at radius 3 is 2.66 bits per heavy atom. The monoisotopic (exact) mass is 398 g/mol. The van der Waals surface area contributed by atoms with Crippen LogP contribution in [-0.2, 0) is 25.6 Å². The SMILES string of the molecule is CCOC(=O)CC(=NOCCCc1cccc(/C(C)=N/OC)n1)c1ccccn1. The second-order valence-corrected chi connectivity index (χ2v) is 6.04. The van der Waals surface area contributed by atoms with Crippen LogP contribution in [-0.4, -0.2) is 47.7 Å². The number of aryl methyl sites for hydroxylation is 1. The Balaban J connectivity index is 1.92. The zero-order chi connectivity index (χ0) is 20.9. The van der Waals surface area contributed by atoms with Gasteiger partial charge in [0.05, 0.1) is 24.4 Å². The molecule has 0 aliphatic heterocycles. The average Bonchev–Trinajstić information content (AvgIpc) is 2.74. The van der Waals surface area contributed by atoms with E-state index in [0.29, 0.717) is 30.3 Å². The Bertz CT molecular complexity index is 838. The number of oxime groups is 2. The highest BCUT2D eigenvalue weighted by atomic mass is 16.6. The van der Waals surface area contributed by atoms with Crippen molar-refractivity contribution in [2.45, 2.75) is 33.1 Å². The summed E-state index contributed by atoms with van der Waals surface area (Å²) in [5, 5.41) is 8.01. The standard InChI is InChI=1S/C21H26N4O4/c1-4-28-21(26)15-20(19-11-5-6-13-22-19)25-29-14-8-10-17-9-7-12-18(23-17)16(2)24-27-3/h5-7,9,11-13H,4,8,10,14-15H2,1-3H3/b24-16+,25-20?. The summed E-state index contributed by atoms with van der Waals surface area (Å²) in [6.45, 7) is 4.31. The van der Waals surface area contributed by atoms with Crippen LogP contribution in [0.3, 0.4) is 0 Å². The Kier molecular flexibility index (Phi) is 9.28. The summed E-state index contributed by atoms with van der Waals surface area (Å²) in [6.07, 6.45) is 3.09. The summed E-state index contributed by atoms with van der Waals surface area (Å²) in [5.41, 5.74) is 3.44. The first-order valence-electron chi connectivity index (χ1n) is 9.44. The molecule has 0 radical (unpaired) electrons. The molecule has 2 heterocycles. The molecule has 0 saturated heterocycles. The van der Waals surface area contributed by atoms with Crippen molar-refractivity contribution in [3.8, 4) is 0 Å². The molecule has 0 spiro atoms. The van der Waals surface area contributed by atoms with E-state index in [9.17, 15) is 4.79 Å². The van der Waals surface area contributed by atoms with Gasteiger partial charge in [-0.3, -0.25) is 14.8 Å². The van der Waals surface area contributed by atoms with Crippen molar-refractivity contribution in [3.63, 3.8) is 0 Å². The highest BCUT2D eigenvalue weighted by Crippen LogP contribution is 2.06. The van der Waals surface area contributed by atoms with Gasteiger partial charge in [0.15, 0.2) is 0 Å². The quantitative estimate of drug-likeness (QED) is 0.250. The highest BCUT2D eigenvalue weighted by molar-refractivity contribution is 6.07. The summed E-state index contributed by atoms with van der Waals surface area (Å²) >= 11 is 0. The molecule has 29 heavy (non-hydrogen) atoms. The third-order valence-corrected chi connectivity index (χ3v) is 3.83. The molecular weight excluding hydrogens is 372 g/mol. The number of pyridine rings is 2. The molecule has 8 nitrogen and oxygen atoms in total. The maximum Gasteiger partial charge on any atom is 0.312 e. The minimum atomic E-state index is -0.366. The van der Waals surface area contributed by atoms with Gasteiger partial charge in [0, 0.05) is 11.9 Å². The molecule has 2 rings (SSSR count). The number of esters is 1. The fourth-order valence-electron chi connectivity index (χ4n) is 2.50. The van der Waals surface area contributed by atoms with Crippen molar-refractivity contribution < 1.29 is 19.2 Å². The smallest absolute Gasteiger partial charge is 0.312 e. The zero-order valence-electron chi connectivity index (χ0n) is 17.0. The van der Waals surface area contributed by atoms with Crippen LogP contribution in [0.4, 0.5) is 0 Å². The van der Waals surface area contributed by atoms with E-state index in [2.05, 4.69) is 20.3 Å². The highest BCUT2D eigenvalue weighted by Gasteiger charge is 2.13. The molecule has 0 bridgehead atoms. The third-order valence-electron chi connectivity index (χ3n) is 3.83. The zero-order valence-corrected chi connectivity index (χ0v) is 17.0. The topological polar surface area (TPSA) is 95.3 Å². The van der Waals surface area contributed by atoms with Gasteiger partial charge in [-0.25, -0.2) is 0 Å². The van der Waals surface area contributed by atoms with Crippen molar-refractivity contribution in [1.29, 1.82) is 0 Å². The number of hydrogen-bond acceptors (Lipinski definition) is 8. The van der Waals surface area contributed by atoms with E-state index < -0.39 is 0 Å². The first-order chi connectivity index (χ1) is 14.1. The number of carbonyl (C=O) groups is 1. The van der Waals surface area contributed by atoms with Gasteiger partial charge in [-0.05, 0) is 51.0 Å². The van der Waals surface area contributed by atoms with Gasteiger partial charge >= 0.3 is 5.97 Å². The number of hydrogen-bond donors (Lipinski definition) is 0. The minimum Gasteiger partial charge on any atom is -0.466 e. The summed E-state index contributed by atoms with van der Waals surface area (Å²) in [4.78, 5) is 30.8. The van der Waals surface area contributed by atoms with Crippen LogP contribution >= 0.6 is 0 Å². The fourth-order valence-corrected chi connectivity index (χ4v) is 2.50. The van der Waals surface area contributed by atoms with Gasteiger partial charge in [0.2, 0.25) is 0 Å². The van der Waals surface area contributed by atoms with E-state index in [4.69, 9.17) is 14.4 Å². The van der Waals surface area contributed by atoms with Gasteiger partial charge in [0.1, 0.15) is 25.1 Å². The van der Waals surface area contributed by atoms with Crippen molar-refractivity contribution in [3.05, 3.63) is 59.7 Å². The Labute approximate surface area is 170 Å². The van der Waals surface area contributed by atoms with E-state index in [-0.39, 0.29) is 12.4 Å². The van der Waals surface area contributed by atoms with E-state index in [1.165, 1.54) is 7.11 Å². The van der Waals surface area contributed by atoms with Crippen LogP contribution in [0.5, 0.6) is 0 Å². The molecule has 0 fully saturated rings. The predicted octanol–water partition coefficient (Wildman–Crippen LogP) is 3.15. The van der Waals surface area contributed by atoms with Crippen LogP contribution in [0.2, 0.25) is 0 Å². The van der Waals surface area contributed by atoms with Crippen molar-refractivity contribution in [2.24, 2.45) is 10.3 Å². The molecule has 0 N–H and O–H groups in total. The molecule has 0 saturated carbocycles. The summed E-state index contributed by atoms with van der Waals surface area (Å²) in [6, 6.07) is 11.2. The molecule has 0 atom stereocenters. The largest absolute Gasteiger partial charge is 0.466 e. The number of rotatable bonds is 11. The third kappa shape index (κ3) is 7.69. The minimum absolute atomic E-state index is 0.00651. The Morgan fingerprint density at radius 2 is 1.93 bits per heavy atom. The maximum atomic E-state index is 11.8. The molecule has 2 aromatic heterocycles. The number of aromatic nitrogens is 2. The molecule has 0 aliphatic carbocycles. The van der Waals surface area contributed by atoms with Crippen molar-refractivity contribution in [2.75, 3.05) is 20.3 Å². The van der Waals surface area contributed by atoms with E-state index >= 15 is 0 Å². The van der Waals surface area contributed by atoms with Crippen molar-refractivity contribution in [1.82, 2.24) is 9.97 Å². The van der Waals surface area contributed by atoms with E-state index in [1.807, 2.05) is 31.2 Å².